The Morgan fingerprint density at radius 2 is 1.97 bits per heavy atom. The number of hydrogen-bond donors (Lipinski definition) is 3. The van der Waals surface area contributed by atoms with Gasteiger partial charge in [-0.05, 0) is 31.7 Å². The molecule has 2 aliphatic heterocycles. The highest BCUT2D eigenvalue weighted by Gasteiger charge is 2.50. The van der Waals surface area contributed by atoms with E-state index in [9.17, 15) is 14.4 Å². The van der Waals surface area contributed by atoms with Gasteiger partial charge in [-0.3, -0.25) is 19.8 Å². The maximum Gasteiger partial charge on any atom is 0.230 e. The highest BCUT2D eigenvalue weighted by atomic mass is 32.2. The number of nitrogens with one attached hydrogen (secondary N) is 3. The van der Waals surface area contributed by atoms with Crippen molar-refractivity contribution in [2.75, 3.05) is 12.3 Å². The van der Waals surface area contributed by atoms with Crippen molar-refractivity contribution in [3.05, 3.63) is 35.9 Å². The number of carbonyl (C=O) groups is 3. The molecule has 1 saturated carbocycles. The van der Waals surface area contributed by atoms with E-state index in [2.05, 4.69) is 26.1 Å². The second-order valence-corrected chi connectivity index (χ2v) is 10.4. The van der Waals surface area contributed by atoms with Crippen LogP contribution in [-0.4, -0.2) is 63.4 Å². The number of hydrogen-bond acceptors (Lipinski definition) is 7. The van der Waals surface area contributed by atoms with Crippen molar-refractivity contribution in [1.29, 1.82) is 0 Å². The van der Waals surface area contributed by atoms with Gasteiger partial charge >= 0.3 is 0 Å². The van der Waals surface area contributed by atoms with Crippen LogP contribution in [0.25, 0.3) is 0 Å². The first-order valence-corrected chi connectivity index (χ1v) is 13.6. The quantitative estimate of drug-likeness (QED) is 0.480. The Morgan fingerprint density at radius 3 is 2.74 bits per heavy atom. The van der Waals surface area contributed by atoms with E-state index in [1.54, 1.807) is 4.90 Å². The van der Waals surface area contributed by atoms with Gasteiger partial charge in [-0.15, -0.1) is 0 Å². The smallest absolute Gasteiger partial charge is 0.230 e. The first-order valence-electron chi connectivity index (χ1n) is 12.6. The molecular formula is C25H36N6O3S. The molecule has 3 amide bonds. The molecule has 1 aromatic carbocycles. The summed E-state index contributed by atoms with van der Waals surface area (Å²) in [7, 11) is 0. The number of benzene rings is 1. The molecule has 1 aliphatic carbocycles. The summed E-state index contributed by atoms with van der Waals surface area (Å²) in [5.74, 6) is 0.140. The Labute approximate surface area is 211 Å². The number of hydrazone groups is 1. The van der Waals surface area contributed by atoms with Crippen LogP contribution in [0.2, 0.25) is 0 Å². The zero-order valence-electron chi connectivity index (χ0n) is 20.5. The zero-order chi connectivity index (χ0) is 24.8. The summed E-state index contributed by atoms with van der Waals surface area (Å²) in [4.78, 5) is 42.2. The molecule has 4 atom stereocenters. The fraction of sp³-hybridized carbons (Fsp3) is 0.600. The molecule has 0 radical (unpaired) electrons. The normalized spacial score (nSPS) is 24.1. The molecule has 3 N–H and O–H groups in total. The van der Waals surface area contributed by atoms with Crippen LogP contribution in [0.5, 0.6) is 0 Å². The largest absolute Gasteiger partial charge is 0.354 e. The molecule has 2 fully saturated rings. The Hall–Kier alpha value is -2.75. The molecule has 4 rings (SSSR count). The SMILES string of the molecule is CCC(C)NC(=O)CCN1C(=O)C2CCCCC2N2C(SCC(=O)NCc3ccccc3)=NNC12. The second-order valence-electron chi connectivity index (χ2n) is 9.47. The second kappa shape index (κ2) is 11.8. The number of nitrogens with zero attached hydrogens (tertiary/aromatic N) is 3. The van der Waals surface area contributed by atoms with E-state index in [1.807, 2.05) is 44.2 Å². The Morgan fingerprint density at radius 1 is 1.20 bits per heavy atom. The molecule has 9 nitrogen and oxygen atoms in total. The molecule has 1 aromatic rings. The third-order valence-corrected chi connectivity index (χ3v) is 7.97. The fourth-order valence-electron chi connectivity index (χ4n) is 4.93. The summed E-state index contributed by atoms with van der Waals surface area (Å²) in [5, 5.41) is 11.2. The first-order chi connectivity index (χ1) is 17.0. The Kier molecular flexibility index (Phi) is 8.54. The summed E-state index contributed by atoms with van der Waals surface area (Å²) < 4.78 is 0. The van der Waals surface area contributed by atoms with Gasteiger partial charge in [-0.25, -0.2) is 0 Å². The maximum absolute atomic E-state index is 13.4. The van der Waals surface area contributed by atoms with E-state index in [4.69, 9.17) is 0 Å². The summed E-state index contributed by atoms with van der Waals surface area (Å²) in [6.07, 6.45) is 4.59. The highest BCUT2D eigenvalue weighted by Crippen LogP contribution is 2.38. The fourth-order valence-corrected chi connectivity index (χ4v) is 5.80. The van der Waals surface area contributed by atoms with E-state index < -0.39 is 6.29 Å². The third-order valence-electron chi connectivity index (χ3n) is 7.01. The molecule has 4 unspecified atom stereocenters. The number of carbonyl (C=O) groups excluding carboxylic acids is 3. The molecule has 3 aliphatic rings. The van der Waals surface area contributed by atoms with Crippen LogP contribution in [-0.2, 0) is 20.9 Å². The van der Waals surface area contributed by atoms with Crippen molar-refractivity contribution in [2.24, 2.45) is 11.0 Å². The minimum absolute atomic E-state index is 0.0481. The van der Waals surface area contributed by atoms with Crippen LogP contribution in [0.3, 0.4) is 0 Å². The third kappa shape index (κ3) is 6.09. The Bertz CT molecular complexity index is 942. The van der Waals surface area contributed by atoms with E-state index in [0.29, 0.717) is 13.1 Å². The minimum atomic E-state index is -0.409. The molecule has 0 aromatic heterocycles. The predicted molar refractivity (Wildman–Crippen MR) is 137 cm³/mol. The van der Waals surface area contributed by atoms with Gasteiger partial charge in [0, 0.05) is 31.6 Å². The summed E-state index contributed by atoms with van der Waals surface area (Å²) in [5.41, 5.74) is 4.17. The van der Waals surface area contributed by atoms with E-state index in [0.717, 1.165) is 42.8 Å². The van der Waals surface area contributed by atoms with Crippen LogP contribution < -0.4 is 16.1 Å². The van der Waals surface area contributed by atoms with Crippen LogP contribution in [0.15, 0.2) is 35.4 Å². The number of thioether (sulfide) groups is 1. The molecule has 2 heterocycles. The Balaban J connectivity index is 1.37. The lowest BCUT2D eigenvalue weighted by Gasteiger charge is -2.50. The van der Waals surface area contributed by atoms with Gasteiger partial charge in [0.25, 0.3) is 0 Å². The van der Waals surface area contributed by atoms with Gasteiger partial charge in [-0.2, -0.15) is 5.10 Å². The van der Waals surface area contributed by atoms with Crippen molar-refractivity contribution in [3.8, 4) is 0 Å². The minimum Gasteiger partial charge on any atom is -0.354 e. The molecular weight excluding hydrogens is 464 g/mol. The van der Waals surface area contributed by atoms with Crippen molar-refractivity contribution in [1.82, 2.24) is 25.9 Å². The maximum atomic E-state index is 13.4. The van der Waals surface area contributed by atoms with E-state index in [1.165, 1.54) is 11.8 Å². The molecule has 1 saturated heterocycles. The topological polar surface area (TPSA) is 106 Å². The standard InChI is InChI=1S/C25H36N6O3S/c1-3-17(2)27-21(32)13-14-30-23(34)19-11-7-8-12-20(19)31-24(30)28-29-25(31)35-16-22(33)26-15-18-9-5-4-6-10-18/h4-6,9-10,17,19-20,24,28H,3,7-8,11-16H2,1-2H3,(H,26,33)(H,27,32). The van der Waals surface area contributed by atoms with Gasteiger partial charge in [0.15, 0.2) is 11.5 Å². The lowest BCUT2D eigenvalue weighted by Crippen LogP contribution is -2.67. The number of amidine groups is 1. The lowest BCUT2D eigenvalue weighted by atomic mass is 9.81. The molecule has 0 bridgehead atoms. The molecule has 190 valence electrons. The van der Waals surface area contributed by atoms with Gasteiger partial charge in [0.1, 0.15) is 0 Å². The van der Waals surface area contributed by atoms with Gasteiger partial charge in [0.2, 0.25) is 17.7 Å². The van der Waals surface area contributed by atoms with Gasteiger partial charge < -0.3 is 20.4 Å². The van der Waals surface area contributed by atoms with Crippen molar-refractivity contribution >= 4 is 34.7 Å². The molecule has 35 heavy (non-hydrogen) atoms. The monoisotopic (exact) mass is 500 g/mol. The summed E-state index contributed by atoms with van der Waals surface area (Å²) >= 11 is 1.39. The molecule has 0 spiro atoms. The average Bonchev–Trinajstić information content (AvgIpc) is 3.30. The lowest BCUT2D eigenvalue weighted by molar-refractivity contribution is -0.155. The van der Waals surface area contributed by atoms with Crippen molar-refractivity contribution in [2.45, 2.75) is 77.3 Å². The average molecular weight is 501 g/mol. The number of rotatable bonds is 9. The van der Waals surface area contributed by atoms with E-state index >= 15 is 0 Å². The number of amides is 3. The molecule has 10 heteroatoms. The van der Waals surface area contributed by atoms with Crippen LogP contribution in [0, 0.1) is 5.92 Å². The highest BCUT2D eigenvalue weighted by molar-refractivity contribution is 8.14. The predicted octanol–water partition coefficient (Wildman–Crippen LogP) is 2.20. The first kappa shape index (κ1) is 25.3. The summed E-state index contributed by atoms with van der Waals surface area (Å²) in [6, 6.07) is 10.00. The van der Waals surface area contributed by atoms with Crippen LogP contribution in [0.1, 0.15) is 57.9 Å². The number of fused-ring (bicyclic) bond motifs is 3. The van der Waals surface area contributed by atoms with Crippen molar-refractivity contribution in [3.63, 3.8) is 0 Å². The van der Waals surface area contributed by atoms with Gasteiger partial charge in [-0.1, -0.05) is 61.9 Å². The van der Waals surface area contributed by atoms with Crippen LogP contribution in [0.4, 0.5) is 0 Å². The van der Waals surface area contributed by atoms with Crippen LogP contribution >= 0.6 is 11.8 Å². The van der Waals surface area contributed by atoms with E-state index in [-0.39, 0.29) is 47.9 Å². The summed E-state index contributed by atoms with van der Waals surface area (Å²) in [6.45, 7) is 4.83. The zero-order valence-corrected chi connectivity index (χ0v) is 21.4. The van der Waals surface area contributed by atoms with Gasteiger partial charge in [0.05, 0.1) is 11.7 Å². The van der Waals surface area contributed by atoms with Crippen molar-refractivity contribution < 1.29 is 14.4 Å².